The maximum atomic E-state index is 13.1. The van der Waals surface area contributed by atoms with Crippen molar-refractivity contribution >= 4 is 37.2 Å². The van der Waals surface area contributed by atoms with Crippen molar-refractivity contribution in [3.05, 3.63) is 46.4 Å². The molecule has 0 aliphatic heterocycles. The van der Waals surface area contributed by atoms with Gasteiger partial charge in [-0.05, 0) is 30.8 Å². The average Bonchev–Trinajstić information content (AvgIpc) is 2.85. The van der Waals surface area contributed by atoms with E-state index in [9.17, 15) is 4.79 Å². The highest BCUT2D eigenvalue weighted by molar-refractivity contribution is 7.24. The lowest BCUT2D eigenvalue weighted by molar-refractivity contribution is 0.316. The molecule has 5 nitrogen and oxygen atoms in total. The molecule has 0 atom stereocenters. The molecule has 0 amide bonds. The Labute approximate surface area is 192 Å². The lowest BCUT2D eigenvalue weighted by atomic mass is 10.1. The summed E-state index contributed by atoms with van der Waals surface area (Å²) in [7, 11) is 0. The molecule has 0 unspecified atom stereocenters. The van der Waals surface area contributed by atoms with Crippen molar-refractivity contribution in [3.63, 3.8) is 0 Å². The number of fused-ring (bicyclic) bond motifs is 2. The largest absolute Gasteiger partial charge is 0.383 e. The van der Waals surface area contributed by atoms with Gasteiger partial charge in [-0.25, -0.2) is 0 Å². The molecule has 2 heterocycles. The Morgan fingerprint density at radius 1 is 1.03 bits per heavy atom. The average molecular weight is 447 g/mol. The van der Waals surface area contributed by atoms with Gasteiger partial charge in [0.1, 0.15) is 0 Å². The maximum Gasteiger partial charge on any atom is 0.199 e. The summed E-state index contributed by atoms with van der Waals surface area (Å²) >= 11 is 1.61. The molecule has 0 bridgehead atoms. The van der Waals surface area contributed by atoms with Crippen molar-refractivity contribution in [2.75, 3.05) is 31.5 Å². The second-order valence-electron chi connectivity index (χ2n) is 5.94. The van der Waals surface area contributed by atoms with Gasteiger partial charge in [0.15, 0.2) is 5.43 Å². The molecule has 31 heavy (non-hydrogen) atoms. The molecule has 174 valence electrons. The first kappa shape index (κ1) is 29.0. The van der Waals surface area contributed by atoms with E-state index in [-0.39, 0.29) is 5.43 Å². The number of benzene rings is 1. The van der Waals surface area contributed by atoms with Gasteiger partial charge in [0.25, 0.3) is 0 Å². The van der Waals surface area contributed by atoms with Crippen molar-refractivity contribution in [2.24, 2.45) is 5.73 Å². The molecule has 0 saturated heterocycles. The van der Waals surface area contributed by atoms with Gasteiger partial charge in [-0.15, -0.1) is 11.3 Å². The van der Waals surface area contributed by atoms with Crippen molar-refractivity contribution in [1.82, 2.24) is 9.88 Å². The van der Waals surface area contributed by atoms with Crippen molar-refractivity contribution in [3.8, 4) is 0 Å². The summed E-state index contributed by atoms with van der Waals surface area (Å²) in [5, 5.41) is 4.84. The minimum Gasteiger partial charge on any atom is -0.383 e. The molecular weight excluding hydrogens is 404 g/mol. The zero-order valence-electron chi connectivity index (χ0n) is 20.7. The highest BCUT2D eigenvalue weighted by Crippen LogP contribution is 2.31. The molecule has 3 N–H and O–H groups in total. The van der Waals surface area contributed by atoms with E-state index in [1.54, 1.807) is 23.7 Å². The number of rotatable bonds is 7. The maximum absolute atomic E-state index is 13.1. The van der Waals surface area contributed by atoms with Crippen LogP contribution < -0.4 is 16.5 Å². The van der Waals surface area contributed by atoms with E-state index in [0.29, 0.717) is 11.9 Å². The van der Waals surface area contributed by atoms with Gasteiger partial charge in [0, 0.05) is 47.1 Å². The highest BCUT2D eigenvalue weighted by atomic mass is 32.1. The first-order chi connectivity index (χ1) is 15.2. The van der Waals surface area contributed by atoms with Gasteiger partial charge in [0.05, 0.1) is 10.8 Å². The van der Waals surface area contributed by atoms with E-state index in [2.05, 4.69) is 29.0 Å². The Balaban J connectivity index is 0.00000138. The first-order valence-corrected chi connectivity index (χ1v) is 12.5. The van der Waals surface area contributed by atoms with E-state index >= 15 is 0 Å². The number of likely N-dealkylation sites (N-methyl/N-ethyl adjacent to an activating group) is 1. The molecule has 0 saturated carbocycles. The van der Waals surface area contributed by atoms with Gasteiger partial charge in [-0.3, -0.25) is 9.78 Å². The Morgan fingerprint density at radius 2 is 1.68 bits per heavy atom. The Morgan fingerprint density at radius 3 is 2.26 bits per heavy atom. The summed E-state index contributed by atoms with van der Waals surface area (Å²) in [5.41, 5.74) is 7.81. The topological polar surface area (TPSA) is 71.2 Å². The van der Waals surface area contributed by atoms with Crippen LogP contribution in [-0.4, -0.2) is 36.1 Å². The van der Waals surface area contributed by atoms with Crippen LogP contribution in [0.1, 0.15) is 61.0 Å². The minimum atomic E-state index is 0.0255. The van der Waals surface area contributed by atoms with Crippen LogP contribution in [0.25, 0.3) is 20.2 Å². The number of pyridine rings is 1. The second-order valence-corrected chi connectivity index (χ2v) is 6.99. The predicted molar refractivity (Wildman–Crippen MR) is 142 cm³/mol. The third kappa shape index (κ3) is 7.56. The van der Waals surface area contributed by atoms with Crippen molar-refractivity contribution in [1.29, 1.82) is 0 Å². The van der Waals surface area contributed by atoms with Crippen LogP contribution in [0.3, 0.4) is 0 Å². The Bertz CT molecular complexity index is 936. The predicted octanol–water partition coefficient (Wildman–Crippen LogP) is 6.10. The zero-order valence-corrected chi connectivity index (χ0v) is 21.5. The summed E-state index contributed by atoms with van der Waals surface area (Å²) in [6, 6.07) is 5.88. The number of nitrogens with one attached hydrogen (secondary N) is 1. The number of nitrogens with two attached hydrogens (primary N) is 1. The number of nitrogens with zero attached hydrogens (tertiary/aromatic N) is 2. The minimum absolute atomic E-state index is 0.0255. The van der Waals surface area contributed by atoms with Crippen molar-refractivity contribution in [2.45, 2.75) is 61.9 Å². The third-order valence-corrected chi connectivity index (χ3v) is 5.81. The normalized spacial score (nSPS) is 9.87. The molecule has 2 aromatic heterocycles. The molecule has 0 radical (unpaired) electrons. The fraction of sp³-hybridized carbons (Fsp3) is 0.520. The van der Waals surface area contributed by atoms with Crippen LogP contribution in [0.15, 0.2) is 35.4 Å². The quantitative estimate of drug-likeness (QED) is 0.429. The van der Waals surface area contributed by atoms with E-state index in [0.717, 1.165) is 52.2 Å². The van der Waals surface area contributed by atoms with Gasteiger partial charge < -0.3 is 16.0 Å². The monoisotopic (exact) mass is 446 g/mol. The van der Waals surface area contributed by atoms with Crippen LogP contribution in [0.5, 0.6) is 0 Å². The van der Waals surface area contributed by atoms with E-state index in [4.69, 9.17) is 5.73 Å². The fourth-order valence-corrected chi connectivity index (χ4v) is 4.24. The molecule has 0 aliphatic carbocycles. The number of anilines is 1. The van der Waals surface area contributed by atoms with Gasteiger partial charge in [-0.1, -0.05) is 61.5 Å². The van der Waals surface area contributed by atoms with Gasteiger partial charge in [0.2, 0.25) is 0 Å². The standard InChI is InChI=1S/C19H24N4OS.3C2H6/c1-3-23(4-2)10-9-22-15-6-5-13(11-20)19-17(15)18(24)14-12-21-8-7-16(14)25-19;3*1-2/h5-8,12,22H,3-4,9-11,20H2,1-2H3;3*1-2H3. The summed E-state index contributed by atoms with van der Waals surface area (Å²) < 4.78 is 1.92. The van der Waals surface area contributed by atoms with E-state index in [1.165, 1.54) is 0 Å². The third-order valence-electron chi connectivity index (χ3n) is 4.56. The number of hydrogen-bond donors (Lipinski definition) is 2. The summed E-state index contributed by atoms with van der Waals surface area (Å²) in [5.74, 6) is 0. The summed E-state index contributed by atoms with van der Waals surface area (Å²) in [4.78, 5) is 19.5. The molecule has 1 aromatic carbocycles. The molecule has 0 spiro atoms. The molecular formula is C25H42N4OS. The van der Waals surface area contributed by atoms with E-state index < -0.39 is 0 Å². The highest BCUT2D eigenvalue weighted by Gasteiger charge is 2.13. The molecule has 3 rings (SSSR count). The number of hydrogen-bond acceptors (Lipinski definition) is 6. The SMILES string of the molecule is CC.CC.CC.CCN(CC)CCNc1ccc(CN)c2sc3ccncc3c(=O)c12. The molecule has 3 aromatic rings. The second kappa shape index (κ2) is 16.6. The van der Waals surface area contributed by atoms with Crippen LogP contribution in [0, 0.1) is 0 Å². The first-order valence-electron chi connectivity index (χ1n) is 11.7. The van der Waals surface area contributed by atoms with Gasteiger partial charge >= 0.3 is 0 Å². The van der Waals surface area contributed by atoms with Crippen molar-refractivity contribution < 1.29 is 0 Å². The Hall–Kier alpha value is -2.02. The van der Waals surface area contributed by atoms with Gasteiger partial charge in [-0.2, -0.15) is 0 Å². The summed E-state index contributed by atoms with van der Waals surface area (Å²) in [6.45, 7) is 20.5. The van der Waals surface area contributed by atoms with Crippen LogP contribution >= 0.6 is 11.3 Å². The van der Waals surface area contributed by atoms with E-state index in [1.807, 2.05) is 59.7 Å². The lowest BCUT2D eigenvalue weighted by Gasteiger charge is -2.19. The smallest absolute Gasteiger partial charge is 0.199 e. The van der Waals surface area contributed by atoms with Crippen LogP contribution in [0.2, 0.25) is 0 Å². The zero-order chi connectivity index (χ0) is 23.8. The molecule has 0 aliphatic rings. The van der Waals surface area contributed by atoms with Crippen LogP contribution in [-0.2, 0) is 6.54 Å². The summed E-state index contributed by atoms with van der Waals surface area (Å²) in [6.07, 6.45) is 3.38. The molecule has 6 heteroatoms. The Kier molecular flexibility index (Phi) is 15.6. The molecule has 0 fully saturated rings. The fourth-order valence-electron chi connectivity index (χ4n) is 3.05. The lowest BCUT2D eigenvalue weighted by Crippen LogP contribution is -2.28. The number of aromatic nitrogens is 1. The van der Waals surface area contributed by atoms with Crippen LogP contribution in [0.4, 0.5) is 5.69 Å².